The number of nitrogens with zero attached hydrogens (tertiary/aromatic N) is 3. The zero-order chi connectivity index (χ0) is 23.4. The van der Waals surface area contributed by atoms with Gasteiger partial charge in [0.05, 0.1) is 0 Å². The van der Waals surface area contributed by atoms with E-state index in [1.54, 1.807) is 0 Å². The normalized spacial score (nSPS) is 20.2. The second-order valence-corrected chi connectivity index (χ2v) is 8.49. The van der Waals surface area contributed by atoms with Gasteiger partial charge in [-0.3, -0.25) is 19.3 Å². The number of thioether (sulfide) groups is 1. The Hall–Kier alpha value is -3.39. The quantitative estimate of drug-likeness (QED) is 0.108. The molecule has 170 valence electrons. The SMILES string of the molecule is C=CCON=C(C(=O)NC1C(=O)N2C(C(=O)O)=C(COC(C)=O)CS[C@@H]12)c1csc(N)n1. The van der Waals surface area contributed by atoms with Crippen LogP contribution in [0.25, 0.3) is 0 Å². The molecule has 2 aliphatic heterocycles. The summed E-state index contributed by atoms with van der Waals surface area (Å²) in [4.78, 5) is 58.5. The molecule has 2 aliphatic rings. The number of carboxylic acids is 1. The molecule has 2 atom stereocenters. The highest BCUT2D eigenvalue weighted by atomic mass is 32.2. The van der Waals surface area contributed by atoms with E-state index >= 15 is 0 Å². The lowest BCUT2D eigenvalue weighted by Crippen LogP contribution is -2.71. The van der Waals surface area contributed by atoms with Crippen LogP contribution in [0, 0.1) is 0 Å². The Morgan fingerprint density at radius 1 is 1.50 bits per heavy atom. The Morgan fingerprint density at radius 3 is 2.84 bits per heavy atom. The number of thiazole rings is 1. The lowest BCUT2D eigenvalue weighted by molar-refractivity contribution is -0.150. The highest BCUT2D eigenvalue weighted by Gasteiger charge is 2.54. The molecule has 0 spiro atoms. The molecule has 0 aliphatic carbocycles. The summed E-state index contributed by atoms with van der Waals surface area (Å²) in [6.07, 6.45) is 1.44. The number of fused-ring (bicyclic) bond motifs is 1. The molecule has 3 rings (SSSR count). The largest absolute Gasteiger partial charge is 0.477 e. The molecule has 0 aromatic carbocycles. The molecule has 12 nitrogen and oxygen atoms in total. The third-order valence-corrected chi connectivity index (χ3v) is 6.33. The van der Waals surface area contributed by atoms with Crippen molar-refractivity contribution in [2.24, 2.45) is 5.16 Å². The average molecular weight is 482 g/mol. The van der Waals surface area contributed by atoms with Crippen LogP contribution in [-0.2, 0) is 28.8 Å². The van der Waals surface area contributed by atoms with Gasteiger partial charge in [-0.15, -0.1) is 23.1 Å². The summed E-state index contributed by atoms with van der Waals surface area (Å²) in [5, 5.41) is 17.0. The number of nitrogens with one attached hydrogen (secondary N) is 1. The summed E-state index contributed by atoms with van der Waals surface area (Å²) in [6.45, 7) is 4.51. The first-order valence-electron chi connectivity index (χ1n) is 9.11. The predicted octanol–water partition coefficient (Wildman–Crippen LogP) is -0.0663. The molecular weight excluding hydrogens is 462 g/mol. The smallest absolute Gasteiger partial charge is 0.352 e. The third-order valence-electron chi connectivity index (χ3n) is 4.31. The van der Waals surface area contributed by atoms with Crippen molar-refractivity contribution in [3.8, 4) is 0 Å². The molecule has 1 aromatic heterocycles. The molecular formula is C18H19N5O7S2. The number of aromatic nitrogens is 1. The summed E-state index contributed by atoms with van der Waals surface area (Å²) in [5.41, 5.74) is 5.66. The van der Waals surface area contributed by atoms with Crippen LogP contribution in [-0.4, -0.2) is 74.8 Å². The minimum Gasteiger partial charge on any atom is -0.477 e. The third kappa shape index (κ3) is 4.75. The molecule has 32 heavy (non-hydrogen) atoms. The second kappa shape index (κ2) is 9.82. The summed E-state index contributed by atoms with van der Waals surface area (Å²) in [7, 11) is 0. The molecule has 0 radical (unpaired) electrons. The zero-order valence-electron chi connectivity index (χ0n) is 16.8. The van der Waals surface area contributed by atoms with E-state index in [2.05, 4.69) is 22.0 Å². The Balaban J connectivity index is 1.78. The van der Waals surface area contributed by atoms with Crippen LogP contribution in [0.3, 0.4) is 0 Å². The first-order chi connectivity index (χ1) is 15.2. The molecule has 0 saturated carbocycles. The van der Waals surface area contributed by atoms with E-state index in [0.29, 0.717) is 5.57 Å². The minimum absolute atomic E-state index is 0.0445. The number of hydrogen-bond acceptors (Lipinski definition) is 11. The van der Waals surface area contributed by atoms with E-state index in [0.717, 1.165) is 16.2 Å². The number of β-lactam (4-membered cyclic amide) rings is 1. The maximum Gasteiger partial charge on any atom is 0.352 e. The van der Waals surface area contributed by atoms with Crippen molar-refractivity contribution in [1.82, 2.24) is 15.2 Å². The van der Waals surface area contributed by atoms with E-state index in [4.69, 9.17) is 15.3 Å². The van der Waals surface area contributed by atoms with Gasteiger partial charge in [-0.1, -0.05) is 17.8 Å². The van der Waals surface area contributed by atoms with Crippen LogP contribution in [0.15, 0.2) is 34.5 Å². The number of hydrogen-bond donors (Lipinski definition) is 3. The Kier molecular flexibility index (Phi) is 7.15. The molecule has 14 heteroatoms. The molecule has 1 fully saturated rings. The van der Waals surface area contributed by atoms with Crippen LogP contribution in [0.4, 0.5) is 5.13 Å². The van der Waals surface area contributed by atoms with Crippen LogP contribution < -0.4 is 11.1 Å². The van der Waals surface area contributed by atoms with Crippen LogP contribution in [0.5, 0.6) is 0 Å². The fraction of sp³-hybridized carbons (Fsp3) is 0.333. The van der Waals surface area contributed by atoms with Crippen molar-refractivity contribution < 1.29 is 33.9 Å². The fourth-order valence-electron chi connectivity index (χ4n) is 2.95. The van der Waals surface area contributed by atoms with Crippen LogP contribution >= 0.6 is 23.1 Å². The fourth-order valence-corrected chi connectivity index (χ4v) is 4.82. The number of rotatable bonds is 9. The number of amides is 2. The predicted molar refractivity (Wildman–Crippen MR) is 116 cm³/mol. The van der Waals surface area contributed by atoms with E-state index in [-0.39, 0.29) is 41.2 Å². The minimum atomic E-state index is -1.33. The number of carbonyl (C=O) groups excluding carboxylic acids is 3. The summed E-state index contributed by atoms with van der Waals surface area (Å²) < 4.78 is 4.89. The number of nitrogens with two attached hydrogens (primary N) is 1. The van der Waals surface area contributed by atoms with Crippen LogP contribution in [0.1, 0.15) is 12.6 Å². The Bertz CT molecular complexity index is 1030. The molecule has 1 saturated heterocycles. The molecule has 1 aromatic rings. The number of ether oxygens (including phenoxy) is 1. The maximum absolute atomic E-state index is 12.8. The highest BCUT2D eigenvalue weighted by molar-refractivity contribution is 8.00. The van der Waals surface area contributed by atoms with Crippen molar-refractivity contribution in [2.45, 2.75) is 18.3 Å². The number of anilines is 1. The topological polar surface area (TPSA) is 174 Å². The van der Waals surface area contributed by atoms with Gasteiger partial charge in [-0.25, -0.2) is 9.78 Å². The monoisotopic (exact) mass is 481 g/mol. The van der Waals surface area contributed by atoms with E-state index in [1.807, 2.05) is 0 Å². The van der Waals surface area contributed by atoms with Gasteiger partial charge in [-0.2, -0.15) is 0 Å². The van der Waals surface area contributed by atoms with Crippen molar-refractivity contribution in [3.05, 3.63) is 35.0 Å². The standard InChI is InChI=1S/C18H19N5O7S2/c1-3-4-30-22-11(10-7-32-18(19)20-10)14(25)21-12-15(26)23-13(17(27)28)9(5-29-8(2)24)6-31-16(12)23/h3,7,12,16H,1,4-6H2,2H3,(H2,19,20)(H,21,25)(H,27,28)/t12?,16-/m0/s1. The summed E-state index contributed by atoms with van der Waals surface area (Å²) >= 11 is 2.34. The number of nitrogen functional groups attached to an aromatic ring is 1. The average Bonchev–Trinajstić information content (AvgIpc) is 3.18. The number of esters is 1. The van der Waals surface area contributed by atoms with Gasteiger partial charge in [0.1, 0.15) is 36.0 Å². The molecule has 3 heterocycles. The van der Waals surface area contributed by atoms with Gasteiger partial charge >= 0.3 is 11.9 Å². The van der Waals surface area contributed by atoms with E-state index in [9.17, 15) is 24.3 Å². The number of carboxylic acid groups (broad SMARTS) is 1. The Labute approximate surface area is 190 Å². The Morgan fingerprint density at radius 2 is 2.25 bits per heavy atom. The zero-order valence-corrected chi connectivity index (χ0v) is 18.4. The van der Waals surface area contributed by atoms with Gasteiger partial charge in [-0.05, 0) is 0 Å². The van der Waals surface area contributed by atoms with E-state index < -0.39 is 35.2 Å². The van der Waals surface area contributed by atoms with E-state index in [1.165, 1.54) is 30.1 Å². The first kappa shape index (κ1) is 23.3. The van der Waals surface area contributed by atoms with Crippen molar-refractivity contribution in [2.75, 3.05) is 24.7 Å². The molecule has 1 unspecified atom stereocenters. The highest BCUT2D eigenvalue weighted by Crippen LogP contribution is 2.40. The van der Waals surface area contributed by atoms with Gasteiger partial charge in [0, 0.05) is 23.6 Å². The number of aliphatic carboxylic acids is 1. The summed E-state index contributed by atoms with van der Waals surface area (Å²) in [6, 6.07) is -0.988. The van der Waals surface area contributed by atoms with Gasteiger partial charge in [0.25, 0.3) is 11.8 Å². The molecule has 0 bridgehead atoms. The van der Waals surface area contributed by atoms with Gasteiger partial charge in [0.2, 0.25) is 0 Å². The molecule has 2 amide bonds. The van der Waals surface area contributed by atoms with Crippen LogP contribution in [0.2, 0.25) is 0 Å². The number of oxime groups is 1. The van der Waals surface area contributed by atoms with Gasteiger partial charge in [0.15, 0.2) is 10.8 Å². The number of carbonyl (C=O) groups is 4. The maximum atomic E-state index is 12.8. The lowest BCUT2D eigenvalue weighted by Gasteiger charge is -2.49. The lowest BCUT2D eigenvalue weighted by atomic mass is 10.0. The molecule has 4 N–H and O–H groups in total. The van der Waals surface area contributed by atoms with Crippen molar-refractivity contribution in [3.63, 3.8) is 0 Å². The summed E-state index contributed by atoms with van der Waals surface area (Å²) in [5.74, 6) is -3.03. The van der Waals surface area contributed by atoms with Crippen molar-refractivity contribution >= 4 is 57.7 Å². The van der Waals surface area contributed by atoms with Gasteiger partial charge < -0.3 is 25.7 Å². The second-order valence-electron chi connectivity index (χ2n) is 6.49. The van der Waals surface area contributed by atoms with Crippen molar-refractivity contribution in [1.29, 1.82) is 0 Å². The first-order valence-corrected chi connectivity index (χ1v) is 11.0.